The highest BCUT2D eigenvalue weighted by molar-refractivity contribution is 9.09. The van der Waals surface area contributed by atoms with E-state index in [9.17, 15) is 16.8 Å². The Bertz CT molecular complexity index is 1250. The van der Waals surface area contributed by atoms with E-state index in [0.29, 0.717) is 66.7 Å². The summed E-state index contributed by atoms with van der Waals surface area (Å²) in [4.78, 5) is 0. The summed E-state index contributed by atoms with van der Waals surface area (Å²) in [5, 5.41) is 8.93. The van der Waals surface area contributed by atoms with Crippen LogP contribution in [0.3, 0.4) is 0 Å². The number of ether oxygens (including phenoxy) is 5. The van der Waals surface area contributed by atoms with Gasteiger partial charge in [-0.15, -0.1) is 22.7 Å². The molecule has 2 aromatic rings. The largest absolute Gasteiger partial charge is 0.385 e. The Labute approximate surface area is 226 Å². The number of nitrogens with zero attached hydrogens (tertiary/aromatic N) is 1. The number of nitrogens with two attached hydrogens (primary N) is 1. The predicted octanol–water partition coefficient (Wildman–Crippen LogP) is 1.98. The quantitative estimate of drug-likeness (QED) is 0.353. The second-order valence-corrected chi connectivity index (χ2v) is 14.3. The molecule has 0 radical (unpaired) electrons. The van der Waals surface area contributed by atoms with Gasteiger partial charge in [-0.05, 0) is 29.3 Å². The van der Waals surface area contributed by atoms with Crippen molar-refractivity contribution >= 4 is 58.7 Å². The van der Waals surface area contributed by atoms with Crippen molar-refractivity contribution in [3.8, 4) is 0 Å². The summed E-state index contributed by atoms with van der Waals surface area (Å²) < 4.78 is 77.3. The maximum Gasteiger partial charge on any atom is 0.253 e. The van der Waals surface area contributed by atoms with Crippen LogP contribution in [0.2, 0.25) is 0 Å². The fourth-order valence-corrected chi connectivity index (χ4v) is 9.77. The highest BCUT2D eigenvalue weighted by Gasteiger charge is 2.51. The van der Waals surface area contributed by atoms with Gasteiger partial charge in [-0.2, -0.15) is 4.31 Å². The number of primary sulfonamides is 1. The molecule has 0 atom stereocenters. The van der Waals surface area contributed by atoms with E-state index >= 15 is 0 Å². The summed E-state index contributed by atoms with van der Waals surface area (Å²) in [6.45, 7) is 2.99. The summed E-state index contributed by atoms with van der Waals surface area (Å²) in [5.74, 6) is -1.95. The molecule has 2 fully saturated rings. The maximum atomic E-state index is 12.6. The van der Waals surface area contributed by atoms with Crippen LogP contribution in [-0.4, -0.2) is 79.7 Å². The van der Waals surface area contributed by atoms with Gasteiger partial charge in [-0.3, -0.25) is 0 Å². The fourth-order valence-electron chi connectivity index (χ4n) is 4.14. The molecule has 0 bridgehead atoms. The van der Waals surface area contributed by atoms with E-state index in [1.807, 2.05) is 0 Å². The Hall–Kier alpha value is -0.500. The lowest BCUT2D eigenvalue weighted by atomic mass is 10.1. The first kappa shape index (κ1) is 28.5. The molecule has 0 aliphatic carbocycles. The van der Waals surface area contributed by atoms with E-state index in [0.717, 1.165) is 11.3 Å². The topological polar surface area (TPSA) is 144 Å². The second kappa shape index (κ2) is 11.3. The van der Waals surface area contributed by atoms with Gasteiger partial charge in [0.15, 0.2) is 0 Å². The molecule has 0 aromatic carbocycles. The van der Waals surface area contributed by atoms with Crippen LogP contribution in [0.5, 0.6) is 0 Å². The zero-order chi connectivity index (χ0) is 26.0. The molecule has 1 spiro atoms. The molecule has 2 saturated heterocycles. The first-order valence-corrected chi connectivity index (χ1v) is 16.8. The molecule has 0 saturated carbocycles. The molecule has 3 aliphatic rings. The Morgan fingerprint density at radius 3 is 2.31 bits per heavy atom. The van der Waals surface area contributed by atoms with Crippen molar-refractivity contribution in [1.29, 1.82) is 0 Å². The van der Waals surface area contributed by atoms with E-state index in [4.69, 9.17) is 28.8 Å². The number of thiophene rings is 2. The molecular weight excluding hydrogens is 620 g/mol. The molecular formula is C20H27BrN2O9S4. The highest BCUT2D eigenvalue weighted by Crippen LogP contribution is 2.44. The molecule has 2 N–H and O–H groups in total. The van der Waals surface area contributed by atoms with Crippen LogP contribution < -0.4 is 5.14 Å². The molecule has 202 valence electrons. The minimum absolute atomic E-state index is 0.0915. The number of methoxy groups -OCH3 is 1. The van der Waals surface area contributed by atoms with Gasteiger partial charge in [0.2, 0.25) is 21.6 Å². The molecule has 5 rings (SSSR count). The van der Waals surface area contributed by atoms with Crippen molar-refractivity contribution in [2.24, 2.45) is 5.14 Å². The van der Waals surface area contributed by atoms with Gasteiger partial charge < -0.3 is 23.7 Å². The second-order valence-electron chi connectivity index (χ2n) is 8.01. The number of rotatable bonds is 7. The van der Waals surface area contributed by atoms with Crippen molar-refractivity contribution in [3.05, 3.63) is 34.0 Å². The van der Waals surface area contributed by atoms with Crippen molar-refractivity contribution < 1.29 is 40.5 Å². The van der Waals surface area contributed by atoms with E-state index in [-0.39, 0.29) is 10.8 Å². The van der Waals surface area contributed by atoms with Gasteiger partial charge in [-0.25, -0.2) is 22.0 Å². The standard InChI is InChI=1S/C12H17NO5S2.C8H10BrNO4S2/c1-16-5-2-4-13-9-12(17-6-7-18-12)10-3-8-19-11(10)20(13,14)15;9-5-8(13-2-3-14-8)6-1-4-15-7(6)16(10,11)12/h3,8H,2,4-7,9H2,1H3;1,4H,2-3,5H2,(H2,10,11,12). The van der Waals surface area contributed by atoms with Crippen molar-refractivity contribution in [3.63, 3.8) is 0 Å². The number of halogens is 1. The minimum Gasteiger partial charge on any atom is -0.385 e. The van der Waals surface area contributed by atoms with Crippen LogP contribution in [0.15, 0.2) is 31.3 Å². The Morgan fingerprint density at radius 1 is 1.08 bits per heavy atom. The maximum absolute atomic E-state index is 12.6. The van der Waals surface area contributed by atoms with E-state index in [2.05, 4.69) is 15.9 Å². The van der Waals surface area contributed by atoms with Gasteiger partial charge in [0.25, 0.3) is 10.0 Å². The SMILES string of the molecule is COCCCN1CC2(OCCO2)c2ccsc2S1(=O)=O.NS(=O)(=O)c1sccc1C1(CBr)OCCO1. The molecule has 36 heavy (non-hydrogen) atoms. The minimum atomic E-state index is -3.74. The third-order valence-electron chi connectivity index (χ3n) is 5.74. The third-order valence-corrected chi connectivity index (χ3v) is 12.2. The molecule has 0 amide bonds. The predicted molar refractivity (Wildman–Crippen MR) is 136 cm³/mol. The number of alkyl halides is 1. The average Bonchev–Trinajstić information content (AvgIpc) is 3.63. The lowest BCUT2D eigenvalue weighted by Crippen LogP contribution is -2.49. The van der Waals surface area contributed by atoms with Gasteiger partial charge >= 0.3 is 0 Å². The van der Waals surface area contributed by atoms with Gasteiger partial charge in [0, 0.05) is 31.4 Å². The lowest BCUT2D eigenvalue weighted by Gasteiger charge is -2.37. The fraction of sp³-hybridized carbons (Fsp3) is 0.600. The normalized spacial score (nSPS) is 22.3. The summed E-state index contributed by atoms with van der Waals surface area (Å²) >= 11 is 5.55. The Balaban J connectivity index is 0.000000174. The molecule has 3 aliphatic heterocycles. The Morgan fingerprint density at radius 2 is 1.69 bits per heavy atom. The summed E-state index contributed by atoms with van der Waals surface area (Å²) in [6, 6.07) is 3.45. The van der Waals surface area contributed by atoms with Crippen LogP contribution in [0, 0.1) is 0 Å². The zero-order valence-corrected chi connectivity index (χ0v) is 24.2. The van der Waals surface area contributed by atoms with Crippen molar-refractivity contribution in [2.45, 2.75) is 26.4 Å². The number of hydrogen-bond acceptors (Lipinski definition) is 11. The summed E-state index contributed by atoms with van der Waals surface area (Å²) in [5.41, 5.74) is 1.11. The number of fused-ring (bicyclic) bond motifs is 2. The van der Waals surface area contributed by atoms with Crippen LogP contribution >= 0.6 is 38.6 Å². The first-order valence-electron chi connectivity index (χ1n) is 10.9. The van der Waals surface area contributed by atoms with Crippen LogP contribution in [0.4, 0.5) is 0 Å². The van der Waals surface area contributed by atoms with Crippen LogP contribution in [0.25, 0.3) is 0 Å². The van der Waals surface area contributed by atoms with E-state index in [1.54, 1.807) is 30.0 Å². The van der Waals surface area contributed by atoms with Gasteiger partial charge in [0.05, 0.1) is 38.3 Å². The average molecular weight is 648 g/mol. The Kier molecular flexibility index (Phi) is 8.96. The number of hydrogen-bond donors (Lipinski definition) is 1. The smallest absolute Gasteiger partial charge is 0.253 e. The van der Waals surface area contributed by atoms with Crippen LogP contribution in [0.1, 0.15) is 17.5 Å². The summed E-state index contributed by atoms with van der Waals surface area (Å²) in [6.07, 6.45) is 0.645. The molecule has 5 heterocycles. The number of sulfonamides is 2. The zero-order valence-electron chi connectivity index (χ0n) is 19.4. The van der Waals surface area contributed by atoms with Crippen LogP contribution in [-0.2, 0) is 55.3 Å². The van der Waals surface area contributed by atoms with Gasteiger partial charge in [0.1, 0.15) is 8.42 Å². The van der Waals surface area contributed by atoms with E-state index in [1.165, 1.54) is 15.6 Å². The highest BCUT2D eigenvalue weighted by atomic mass is 79.9. The summed E-state index contributed by atoms with van der Waals surface area (Å²) in [7, 11) is -5.58. The first-order chi connectivity index (χ1) is 17.1. The molecule has 11 nitrogen and oxygen atoms in total. The third kappa shape index (κ3) is 5.46. The van der Waals surface area contributed by atoms with Gasteiger partial charge in [-0.1, -0.05) is 15.9 Å². The lowest BCUT2D eigenvalue weighted by molar-refractivity contribution is -0.175. The molecule has 2 aromatic heterocycles. The molecule has 16 heteroatoms. The molecule has 0 unspecified atom stereocenters. The van der Waals surface area contributed by atoms with Crippen molar-refractivity contribution in [1.82, 2.24) is 4.31 Å². The monoisotopic (exact) mass is 646 g/mol. The van der Waals surface area contributed by atoms with Crippen molar-refractivity contribution in [2.75, 3.05) is 58.6 Å². The van der Waals surface area contributed by atoms with E-state index < -0.39 is 31.6 Å².